The first-order valence-corrected chi connectivity index (χ1v) is 6.26. The number of para-hydroxylation sites is 1. The summed E-state index contributed by atoms with van der Waals surface area (Å²) in [7, 11) is 0. The minimum Gasteiger partial charge on any atom is -0.317 e. The lowest BCUT2D eigenvalue weighted by Gasteiger charge is -2.27. The Morgan fingerprint density at radius 2 is 1.87 bits per heavy atom. The Morgan fingerprint density at radius 3 is 2.53 bits per heavy atom. The summed E-state index contributed by atoms with van der Waals surface area (Å²) in [6, 6.07) is 10.5. The summed E-state index contributed by atoms with van der Waals surface area (Å²) in [5.41, 5.74) is 1.25. The Kier molecular flexibility index (Phi) is 4.03. The second-order valence-electron chi connectivity index (χ2n) is 4.07. The first-order valence-electron chi connectivity index (χ1n) is 5.55. The Balaban J connectivity index is 1.88. The highest BCUT2D eigenvalue weighted by atomic mass is 79.9. The van der Waals surface area contributed by atoms with E-state index in [4.69, 9.17) is 0 Å². The third kappa shape index (κ3) is 3.21. The molecule has 1 heterocycles. The van der Waals surface area contributed by atoms with Crippen LogP contribution in [0.5, 0.6) is 0 Å². The van der Waals surface area contributed by atoms with E-state index in [9.17, 15) is 0 Å². The predicted molar refractivity (Wildman–Crippen MR) is 68.3 cm³/mol. The van der Waals surface area contributed by atoms with Crippen LogP contribution in [0.4, 0.5) is 5.69 Å². The molecule has 1 aliphatic heterocycles. The molecule has 15 heavy (non-hydrogen) atoms. The third-order valence-electron chi connectivity index (χ3n) is 2.91. The molecular formula is C12H17BrN2. The van der Waals surface area contributed by atoms with Crippen molar-refractivity contribution in [2.24, 2.45) is 5.92 Å². The molecule has 1 aliphatic rings. The lowest BCUT2D eigenvalue weighted by atomic mass is 9.98. The molecule has 2 rings (SSSR count). The minimum atomic E-state index is 0.811. The Hall–Kier alpha value is -0.540. The van der Waals surface area contributed by atoms with Crippen molar-refractivity contribution in [2.75, 3.05) is 23.6 Å². The van der Waals surface area contributed by atoms with Crippen molar-refractivity contribution in [3.05, 3.63) is 30.3 Å². The van der Waals surface area contributed by atoms with Gasteiger partial charge in [-0.3, -0.25) is 0 Å². The highest BCUT2D eigenvalue weighted by Crippen LogP contribution is 2.22. The molecular weight excluding hydrogens is 252 g/mol. The third-order valence-corrected chi connectivity index (χ3v) is 3.61. The maximum absolute atomic E-state index is 3.63. The van der Waals surface area contributed by atoms with E-state index in [0.29, 0.717) is 0 Å². The second-order valence-corrected chi connectivity index (χ2v) is 4.93. The van der Waals surface area contributed by atoms with Gasteiger partial charge in [-0.15, -0.1) is 0 Å². The second kappa shape index (κ2) is 5.52. The number of hydrogen-bond donors (Lipinski definition) is 1. The van der Waals surface area contributed by atoms with Gasteiger partial charge in [0.1, 0.15) is 0 Å². The van der Waals surface area contributed by atoms with Crippen LogP contribution in [0.25, 0.3) is 0 Å². The van der Waals surface area contributed by atoms with E-state index in [1.54, 1.807) is 0 Å². The van der Waals surface area contributed by atoms with Crippen molar-refractivity contribution in [1.29, 1.82) is 0 Å². The van der Waals surface area contributed by atoms with Gasteiger partial charge < -0.3 is 9.24 Å². The summed E-state index contributed by atoms with van der Waals surface area (Å²) in [6.45, 7) is 3.44. The topological polar surface area (TPSA) is 15.3 Å². The van der Waals surface area contributed by atoms with E-state index in [2.05, 4.69) is 55.7 Å². The molecule has 1 fully saturated rings. The summed E-state index contributed by atoms with van der Waals surface area (Å²) in [5.74, 6) is 0.811. The minimum absolute atomic E-state index is 0.811. The quantitative estimate of drug-likeness (QED) is 0.849. The molecule has 0 unspecified atom stereocenters. The zero-order valence-corrected chi connectivity index (χ0v) is 10.4. The van der Waals surface area contributed by atoms with Gasteiger partial charge in [-0.25, -0.2) is 0 Å². The van der Waals surface area contributed by atoms with Crippen LogP contribution in [0.15, 0.2) is 30.3 Å². The van der Waals surface area contributed by atoms with Crippen LogP contribution in [-0.2, 0) is 0 Å². The number of rotatable bonds is 3. The van der Waals surface area contributed by atoms with Gasteiger partial charge in [0.15, 0.2) is 0 Å². The van der Waals surface area contributed by atoms with Crippen molar-refractivity contribution in [3.8, 4) is 0 Å². The number of nitrogens with zero attached hydrogens (tertiary/aromatic N) is 1. The SMILES string of the molecule is BrN(CC1CCNCC1)c1ccccc1. The van der Waals surface area contributed by atoms with Gasteiger partial charge in [0.05, 0.1) is 0 Å². The Morgan fingerprint density at radius 1 is 1.20 bits per heavy atom. The molecule has 1 N–H and O–H groups in total. The van der Waals surface area contributed by atoms with Gasteiger partial charge in [0.2, 0.25) is 0 Å². The fourth-order valence-electron chi connectivity index (χ4n) is 1.99. The monoisotopic (exact) mass is 268 g/mol. The zero-order valence-electron chi connectivity index (χ0n) is 8.82. The number of nitrogens with one attached hydrogen (secondary N) is 1. The molecule has 0 spiro atoms. The smallest absolute Gasteiger partial charge is 0.0496 e. The van der Waals surface area contributed by atoms with E-state index in [0.717, 1.165) is 12.5 Å². The van der Waals surface area contributed by atoms with Crippen LogP contribution in [-0.4, -0.2) is 19.6 Å². The summed E-state index contributed by atoms with van der Waals surface area (Å²) in [4.78, 5) is 0. The van der Waals surface area contributed by atoms with Gasteiger partial charge in [0, 0.05) is 28.4 Å². The van der Waals surface area contributed by atoms with Crippen LogP contribution < -0.4 is 9.24 Å². The van der Waals surface area contributed by atoms with E-state index in [1.165, 1.54) is 31.6 Å². The molecule has 0 amide bonds. The van der Waals surface area contributed by atoms with Gasteiger partial charge in [-0.1, -0.05) is 18.2 Å². The first kappa shape index (κ1) is 11.0. The summed E-state index contributed by atoms with van der Waals surface area (Å²) >= 11 is 3.63. The number of halogens is 1. The summed E-state index contributed by atoms with van der Waals surface area (Å²) < 4.78 is 2.18. The first-order chi connectivity index (χ1) is 7.36. The lowest BCUT2D eigenvalue weighted by molar-refractivity contribution is 0.385. The molecule has 1 saturated heterocycles. The van der Waals surface area contributed by atoms with Crippen molar-refractivity contribution in [2.45, 2.75) is 12.8 Å². The molecule has 0 saturated carbocycles. The number of hydrogen-bond acceptors (Lipinski definition) is 2. The van der Waals surface area contributed by atoms with Crippen molar-refractivity contribution >= 4 is 21.8 Å². The number of piperidine rings is 1. The van der Waals surface area contributed by atoms with Crippen LogP contribution >= 0.6 is 16.1 Å². The fraction of sp³-hybridized carbons (Fsp3) is 0.500. The van der Waals surface area contributed by atoms with Gasteiger partial charge in [-0.05, 0) is 44.0 Å². The fourth-order valence-corrected chi connectivity index (χ4v) is 2.63. The molecule has 3 heteroatoms. The van der Waals surface area contributed by atoms with E-state index >= 15 is 0 Å². The Labute approximate surface area is 100 Å². The maximum Gasteiger partial charge on any atom is 0.0496 e. The highest BCUT2D eigenvalue weighted by molar-refractivity contribution is 9.10. The van der Waals surface area contributed by atoms with Crippen molar-refractivity contribution < 1.29 is 0 Å². The normalized spacial score (nSPS) is 17.7. The van der Waals surface area contributed by atoms with Crippen molar-refractivity contribution in [1.82, 2.24) is 5.32 Å². The van der Waals surface area contributed by atoms with Crippen LogP contribution in [0.1, 0.15) is 12.8 Å². The van der Waals surface area contributed by atoms with Gasteiger partial charge in [0.25, 0.3) is 0 Å². The predicted octanol–water partition coefficient (Wildman–Crippen LogP) is 2.80. The van der Waals surface area contributed by atoms with E-state index in [-0.39, 0.29) is 0 Å². The van der Waals surface area contributed by atoms with Crippen LogP contribution in [0.2, 0.25) is 0 Å². The highest BCUT2D eigenvalue weighted by Gasteiger charge is 2.15. The molecule has 0 bridgehead atoms. The molecule has 0 aliphatic carbocycles. The van der Waals surface area contributed by atoms with E-state index < -0.39 is 0 Å². The van der Waals surface area contributed by atoms with Crippen molar-refractivity contribution in [3.63, 3.8) is 0 Å². The molecule has 1 aromatic carbocycles. The molecule has 0 atom stereocenters. The molecule has 2 nitrogen and oxygen atoms in total. The molecule has 0 aromatic heterocycles. The maximum atomic E-state index is 3.63. The average Bonchev–Trinajstić information content (AvgIpc) is 2.31. The van der Waals surface area contributed by atoms with Gasteiger partial charge in [-0.2, -0.15) is 0 Å². The van der Waals surface area contributed by atoms with Gasteiger partial charge >= 0.3 is 0 Å². The van der Waals surface area contributed by atoms with Crippen LogP contribution in [0, 0.1) is 5.92 Å². The standard InChI is InChI=1S/C12H17BrN2/c13-15(12-4-2-1-3-5-12)10-11-6-8-14-9-7-11/h1-5,11,14H,6-10H2. The molecule has 82 valence electrons. The summed E-state index contributed by atoms with van der Waals surface area (Å²) in [5, 5.41) is 3.39. The average molecular weight is 269 g/mol. The van der Waals surface area contributed by atoms with E-state index in [1.807, 2.05) is 0 Å². The Bertz CT molecular complexity index is 283. The molecule has 0 radical (unpaired) electrons. The number of anilines is 1. The lowest BCUT2D eigenvalue weighted by Crippen LogP contribution is -2.32. The summed E-state index contributed by atoms with van der Waals surface area (Å²) in [6.07, 6.45) is 2.57. The number of benzene rings is 1. The molecule has 1 aromatic rings. The largest absolute Gasteiger partial charge is 0.317 e. The zero-order chi connectivity index (χ0) is 10.5. The van der Waals surface area contributed by atoms with Crippen LogP contribution in [0.3, 0.4) is 0 Å².